The maximum absolute atomic E-state index is 12.2. The minimum Gasteiger partial charge on any atom is -0.384 e. The number of anilines is 2. The van der Waals surface area contributed by atoms with Gasteiger partial charge in [-0.3, -0.25) is 4.90 Å². The molecule has 1 saturated heterocycles. The van der Waals surface area contributed by atoms with E-state index in [0.717, 1.165) is 18.8 Å². The van der Waals surface area contributed by atoms with Crippen LogP contribution in [0.2, 0.25) is 0 Å². The zero-order valence-electron chi connectivity index (χ0n) is 9.52. The molecule has 94 valence electrons. The largest absolute Gasteiger partial charge is 0.384 e. The van der Waals surface area contributed by atoms with Crippen molar-refractivity contribution in [2.45, 2.75) is 6.43 Å². The lowest BCUT2D eigenvalue weighted by molar-refractivity contribution is 0.0854. The van der Waals surface area contributed by atoms with Crippen LogP contribution >= 0.6 is 0 Å². The van der Waals surface area contributed by atoms with Gasteiger partial charge in [-0.2, -0.15) is 0 Å². The summed E-state index contributed by atoms with van der Waals surface area (Å²) in [4.78, 5) is 7.94. The lowest BCUT2D eigenvalue weighted by Crippen LogP contribution is -2.47. The van der Waals surface area contributed by atoms with Crippen LogP contribution in [-0.4, -0.2) is 49.0 Å². The molecule has 0 unspecified atom stereocenters. The van der Waals surface area contributed by atoms with Gasteiger partial charge in [-0.05, 0) is 12.1 Å². The summed E-state index contributed by atoms with van der Waals surface area (Å²) < 4.78 is 24.4. The van der Waals surface area contributed by atoms with Crippen LogP contribution in [-0.2, 0) is 0 Å². The van der Waals surface area contributed by atoms with Crippen LogP contribution in [0.25, 0.3) is 0 Å². The summed E-state index contributed by atoms with van der Waals surface area (Å²) in [5.74, 6) is 0.491. The second kappa shape index (κ2) is 5.27. The summed E-state index contributed by atoms with van der Waals surface area (Å²) >= 11 is 0. The van der Waals surface area contributed by atoms with Gasteiger partial charge in [0.05, 0.1) is 18.4 Å². The van der Waals surface area contributed by atoms with Crippen LogP contribution in [0.3, 0.4) is 0 Å². The minimum atomic E-state index is -2.25. The first-order valence-corrected chi connectivity index (χ1v) is 5.62. The molecule has 2 rings (SSSR count). The van der Waals surface area contributed by atoms with Gasteiger partial charge in [-0.1, -0.05) is 0 Å². The number of hydrogen-bond acceptors (Lipinski definition) is 4. The van der Waals surface area contributed by atoms with Crippen molar-refractivity contribution in [1.82, 2.24) is 9.88 Å². The predicted molar refractivity (Wildman–Crippen MR) is 63.3 cm³/mol. The van der Waals surface area contributed by atoms with Crippen molar-refractivity contribution in [3.63, 3.8) is 0 Å². The lowest BCUT2D eigenvalue weighted by atomic mass is 10.2. The molecule has 2 N–H and O–H groups in total. The van der Waals surface area contributed by atoms with Crippen molar-refractivity contribution < 1.29 is 8.78 Å². The molecule has 0 spiro atoms. The summed E-state index contributed by atoms with van der Waals surface area (Å²) in [5, 5.41) is 0. The SMILES string of the molecule is Nc1ccc(N2CCN(CC(F)F)CC2)cn1. The first kappa shape index (κ1) is 12.0. The molecule has 4 nitrogen and oxygen atoms in total. The van der Waals surface area contributed by atoms with E-state index >= 15 is 0 Å². The number of pyridine rings is 1. The number of piperazine rings is 1. The molecule has 1 aliphatic rings. The highest BCUT2D eigenvalue weighted by molar-refractivity contribution is 5.48. The van der Waals surface area contributed by atoms with E-state index in [1.54, 1.807) is 17.2 Å². The van der Waals surface area contributed by atoms with Crippen molar-refractivity contribution in [3.05, 3.63) is 18.3 Å². The highest BCUT2D eigenvalue weighted by Gasteiger charge is 2.19. The van der Waals surface area contributed by atoms with Crippen LogP contribution in [0.1, 0.15) is 0 Å². The van der Waals surface area contributed by atoms with Gasteiger partial charge in [0.25, 0.3) is 6.43 Å². The number of alkyl halides is 2. The van der Waals surface area contributed by atoms with Gasteiger partial charge in [-0.25, -0.2) is 13.8 Å². The molecule has 0 bridgehead atoms. The molecule has 1 fully saturated rings. The third-order valence-electron chi connectivity index (χ3n) is 2.90. The van der Waals surface area contributed by atoms with E-state index in [9.17, 15) is 8.78 Å². The van der Waals surface area contributed by atoms with E-state index in [-0.39, 0.29) is 6.54 Å². The molecule has 1 aromatic heterocycles. The molecular weight excluding hydrogens is 226 g/mol. The Balaban J connectivity index is 1.88. The van der Waals surface area contributed by atoms with E-state index in [4.69, 9.17) is 5.73 Å². The van der Waals surface area contributed by atoms with Crippen molar-refractivity contribution in [1.29, 1.82) is 0 Å². The van der Waals surface area contributed by atoms with Gasteiger partial charge in [0.1, 0.15) is 5.82 Å². The lowest BCUT2D eigenvalue weighted by Gasteiger charge is -2.35. The molecule has 0 radical (unpaired) electrons. The van der Waals surface area contributed by atoms with Gasteiger partial charge in [-0.15, -0.1) is 0 Å². The number of nitrogens with zero attached hydrogens (tertiary/aromatic N) is 3. The fourth-order valence-corrected chi connectivity index (χ4v) is 1.97. The Morgan fingerprint density at radius 2 is 1.94 bits per heavy atom. The number of aromatic nitrogens is 1. The maximum Gasteiger partial charge on any atom is 0.251 e. The average Bonchev–Trinajstić information content (AvgIpc) is 2.30. The third-order valence-corrected chi connectivity index (χ3v) is 2.90. The number of nitrogen functional groups attached to an aromatic ring is 1. The molecule has 1 aliphatic heterocycles. The topological polar surface area (TPSA) is 45.4 Å². The standard InChI is InChI=1S/C11H16F2N4/c12-10(13)8-16-3-5-17(6-4-16)9-1-2-11(14)15-7-9/h1-2,7,10H,3-6,8H2,(H2,14,15). The molecule has 0 aromatic carbocycles. The molecular formula is C11H16F2N4. The molecule has 0 amide bonds. The summed E-state index contributed by atoms with van der Waals surface area (Å²) in [5.41, 5.74) is 6.51. The van der Waals surface area contributed by atoms with Crippen LogP contribution in [0.15, 0.2) is 18.3 Å². The monoisotopic (exact) mass is 242 g/mol. The van der Waals surface area contributed by atoms with Crippen LogP contribution in [0.5, 0.6) is 0 Å². The quantitative estimate of drug-likeness (QED) is 0.860. The molecule has 0 atom stereocenters. The number of halogens is 2. The number of nitrogens with two attached hydrogens (primary N) is 1. The first-order chi connectivity index (χ1) is 8.15. The molecule has 0 saturated carbocycles. The summed E-state index contributed by atoms with van der Waals surface area (Å²) in [6.45, 7) is 2.69. The Morgan fingerprint density at radius 3 is 2.47 bits per heavy atom. The van der Waals surface area contributed by atoms with Crippen molar-refractivity contribution in [2.75, 3.05) is 43.4 Å². The number of rotatable bonds is 3. The molecule has 2 heterocycles. The van der Waals surface area contributed by atoms with Crippen LogP contribution in [0, 0.1) is 0 Å². The van der Waals surface area contributed by atoms with E-state index in [0.29, 0.717) is 18.9 Å². The fraction of sp³-hybridized carbons (Fsp3) is 0.545. The Morgan fingerprint density at radius 1 is 1.24 bits per heavy atom. The maximum atomic E-state index is 12.2. The molecule has 6 heteroatoms. The van der Waals surface area contributed by atoms with Gasteiger partial charge in [0.2, 0.25) is 0 Å². The highest BCUT2D eigenvalue weighted by Crippen LogP contribution is 2.16. The summed E-state index contributed by atoms with van der Waals surface area (Å²) in [7, 11) is 0. The number of hydrogen-bond donors (Lipinski definition) is 1. The van der Waals surface area contributed by atoms with Crippen molar-refractivity contribution in [3.8, 4) is 0 Å². The Labute approximate surface area is 99.0 Å². The third kappa shape index (κ3) is 3.26. The zero-order chi connectivity index (χ0) is 12.3. The Kier molecular flexibility index (Phi) is 3.73. The van der Waals surface area contributed by atoms with Crippen molar-refractivity contribution in [2.24, 2.45) is 0 Å². The smallest absolute Gasteiger partial charge is 0.251 e. The van der Waals surface area contributed by atoms with Crippen LogP contribution < -0.4 is 10.6 Å². The van der Waals surface area contributed by atoms with Gasteiger partial charge >= 0.3 is 0 Å². The van der Waals surface area contributed by atoms with Crippen molar-refractivity contribution >= 4 is 11.5 Å². The normalized spacial score (nSPS) is 17.7. The van der Waals surface area contributed by atoms with E-state index in [1.807, 2.05) is 6.07 Å². The van der Waals surface area contributed by atoms with E-state index < -0.39 is 6.43 Å². The van der Waals surface area contributed by atoms with E-state index in [2.05, 4.69) is 9.88 Å². The molecule has 17 heavy (non-hydrogen) atoms. The highest BCUT2D eigenvalue weighted by atomic mass is 19.3. The van der Waals surface area contributed by atoms with E-state index in [1.165, 1.54) is 0 Å². The zero-order valence-corrected chi connectivity index (χ0v) is 9.52. The van der Waals surface area contributed by atoms with Gasteiger partial charge in [0, 0.05) is 26.2 Å². The fourth-order valence-electron chi connectivity index (χ4n) is 1.97. The Hall–Kier alpha value is -1.43. The molecule has 1 aromatic rings. The van der Waals surface area contributed by atoms with Gasteiger partial charge < -0.3 is 10.6 Å². The summed E-state index contributed by atoms with van der Waals surface area (Å²) in [6.07, 6.45) is -0.530. The minimum absolute atomic E-state index is 0.131. The average molecular weight is 242 g/mol. The molecule has 0 aliphatic carbocycles. The Bertz CT molecular complexity index is 347. The second-order valence-electron chi connectivity index (χ2n) is 4.12. The summed E-state index contributed by atoms with van der Waals surface area (Å²) in [6, 6.07) is 3.66. The second-order valence-corrected chi connectivity index (χ2v) is 4.12. The van der Waals surface area contributed by atoms with Crippen LogP contribution in [0.4, 0.5) is 20.3 Å². The predicted octanol–water partition coefficient (Wildman–Crippen LogP) is 1.05. The van der Waals surface area contributed by atoms with Gasteiger partial charge in [0.15, 0.2) is 0 Å². The first-order valence-electron chi connectivity index (χ1n) is 5.62.